The molecule has 2 saturated heterocycles. The molecule has 0 aliphatic carbocycles. The van der Waals surface area contributed by atoms with Gasteiger partial charge in [0.25, 0.3) is 0 Å². The number of carbonyl (C=O) groups is 3. The molecule has 3 unspecified atom stereocenters. The highest BCUT2D eigenvalue weighted by atomic mass is 32.2. The van der Waals surface area contributed by atoms with Gasteiger partial charge in [0.1, 0.15) is 23.2 Å². The lowest BCUT2D eigenvalue weighted by Gasteiger charge is -2.53. The quantitative estimate of drug-likeness (QED) is 0.413. The highest BCUT2D eigenvalue weighted by Gasteiger charge is 2.56. The van der Waals surface area contributed by atoms with Gasteiger partial charge >= 0.3 is 5.97 Å². The SMILES string of the molecule is CC1(C(=O)O)CS[C@@H]2C(NC(=O)C(N)c3ccc(CO)c(O)c3)C(=O)N2C1. The molecule has 0 aromatic heterocycles. The molecule has 3 rings (SSSR count). The number of carboxylic acid groups (broad SMARTS) is 1. The van der Waals surface area contributed by atoms with Gasteiger partial charge in [0.2, 0.25) is 11.8 Å². The smallest absolute Gasteiger partial charge is 0.312 e. The van der Waals surface area contributed by atoms with Crippen LogP contribution in [0.2, 0.25) is 0 Å². The van der Waals surface area contributed by atoms with Crippen LogP contribution in [0.1, 0.15) is 24.1 Å². The highest BCUT2D eigenvalue weighted by molar-refractivity contribution is 8.00. The van der Waals surface area contributed by atoms with E-state index in [1.54, 1.807) is 6.92 Å². The number of carbonyl (C=O) groups excluding carboxylic acids is 2. The van der Waals surface area contributed by atoms with E-state index >= 15 is 0 Å². The lowest BCUT2D eigenvalue weighted by atomic mass is 9.89. The van der Waals surface area contributed by atoms with E-state index in [1.807, 2.05) is 0 Å². The number of phenols is 1. The lowest BCUT2D eigenvalue weighted by molar-refractivity contribution is -0.158. The van der Waals surface area contributed by atoms with Crippen LogP contribution in [0.3, 0.4) is 0 Å². The molecule has 27 heavy (non-hydrogen) atoms. The van der Waals surface area contributed by atoms with Gasteiger partial charge < -0.3 is 31.3 Å². The van der Waals surface area contributed by atoms with Crippen molar-refractivity contribution in [3.8, 4) is 5.75 Å². The molecule has 6 N–H and O–H groups in total. The standard InChI is InChI=1S/C17H21N3O6S/c1-17(16(25)26)6-20-14(24)12(15(20)27-7-17)19-13(23)11(18)8-2-3-9(5-21)10(22)4-8/h2-4,11-12,15,21-22H,5-7,18H2,1H3,(H,19,23)(H,25,26)/t11?,12?,15-,17?/m1/s1. The van der Waals surface area contributed by atoms with Gasteiger partial charge in [-0.25, -0.2) is 0 Å². The van der Waals surface area contributed by atoms with Gasteiger partial charge in [-0.3, -0.25) is 14.4 Å². The summed E-state index contributed by atoms with van der Waals surface area (Å²) < 4.78 is 0. The van der Waals surface area contributed by atoms with Crippen LogP contribution in [-0.2, 0) is 21.0 Å². The van der Waals surface area contributed by atoms with Crippen molar-refractivity contribution in [1.29, 1.82) is 0 Å². The number of hydrogen-bond acceptors (Lipinski definition) is 7. The molecule has 2 fully saturated rings. The number of aromatic hydroxyl groups is 1. The van der Waals surface area contributed by atoms with E-state index in [0.29, 0.717) is 16.9 Å². The molecule has 2 amide bonds. The van der Waals surface area contributed by atoms with E-state index < -0.39 is 29.4 Å². The first-order valence-corrected chi connectivity index (χ1v) is 9.37. The number of nitrogens with zero attached hydrogens (tertiary/aromatic N) is 1. The van der Waals surface area contributed by atoms with Crippen molar-refractivity contribution in [1.82, 2.24) is 10.2 Å². The Morgan fingerprint density at radius 3 is 2.78 bits per heavy atom. The molecule has 10 heteroatoms. The second-order valence-electron chi connectivity index (χ2n) is 7.04. The minimum Gasteiger partial charge on any atom is -0.508 e. The Balaban J connectivity index is 1.65. The van der Waals surface area contributed by atoms with Crippen LogP contribution >= 0.6 is 11.8 Å². The Hall–Kier alpha value is -2.30. The molecule has 1 aromatic carbocycles. The summed E-state index contributed by atoms with van der Waals surface area (Å²) in [5, 5.41) is 30.5. The zero-order chi connectivity index (χ0) is 19.9. The number of benzene rings is 1. The van der Waals surface area contributed by atoms with E-state index in [9.17, 15) is 24.6 Å². The number of carboxylic acids is 1. The van der Waals surface area contributed by atoms with Crippen molar-refractivity contribution in [3.05, 3.63) is 29.3 Å². The average molecular weight is 395 g/mol. The molecule has 9 nitrogen and oxygen atoms in total. The van der Waals surface area contributed by atoms with Crippen LogP contribution in [0.15, 0.2) is 18.2 Å². The number of rotatable bonds is 5. The number of β-lactam (4-membered cyclic amide) rings is 1. The van der Waals surface area contributed by atoms with Gasteiger partial charge in [-0.2, -0.15) is 0 Å². The van der Waals surface area contributed by atoms with E-state index in [2.05, 4.69) is 5.32 Å². The van der Waals surface area contributed by atoms with Crippen molar-refractivity contribution in [2.75, 3.05) is 12.3 Å². The molecule has 0 radical (unpaired) electrons. The summed E-state index contributed by atoms with van der Waals surface area (Å²) in [6.07, 6.45) is 0. The molecule has 0 bridgehead atoms. The predicted molar refractivity (Wildman–Crippen MR) is 96.6 cm³/mol. The largest absolute Gasteiger partial charge is 0.508 e. The molecule has 0 spiro atoms. The second-order valence-corrected chi connectivity index (χ2v) is 8.15. The van der Waals surface area contributed by atoms with Gasteiger partial charge in [-0.05, 0) is 18.6 Å². The molecular formula is C17H21N3O6S. The third-order valence-corrected chi connectivity index (χ3v) is 6.64. The maximum absolute atomic E-state index is 12.4. The third-order valence-electron chi connectivity index (χ3n) is 4.97. The number of nitrogens with one attached hydrogen (secondary N) is 1. The zero-order valence-corrected chi connectivity index (χ0v) is 15.4. The number of aliphatic carboxylic acids is 1. The van der Waals surface area contributed by atoms with E-state index in [1.165, 1.54) is 34.9 Å². The van der Waals surface area contributed by atoms with Crippen molar-refractivity contribution in [2.45, 2.75) is 31.0 Å². The predicted octanol–water partition coefficient (Wildman–Crippen LogP) is -0.625. The Kier molecular flexibility index (Phi) is 5.06. The van der Waals surface area contributed by atoms with Gasteiger partial charge in [-0.1, -0.05) is 12.1 Å². The number of fused-ring (bicyclic) bond motifs is 1. The number of hydrogen-bond donors (Lipinski definition) is 5. The van der Waals surface area contributed by atoms with Crippen molar-refractivity contribution < 1.29 is 29.7 Å². The molecule has 2 aliphatic rings. The second kappa shape index (κ2) is 7.02. The van der Waals surface area contributed by atoms with Crippen LogP contribution in [-0.4, -0.2) is 61.7 Å². The molecule has 0 saturated carbocycles. The van der Waals surface area contributed by atoms with Crippen molar-refractivity contribution in [2.24, 2.45) is 11.1 Å². The highest BCUT2D eigenvalue weighted by Crippen LogP contribution is 2.42. The fraction of sp³-hybridized carbons (Fsp3) is 0.471. The Morgan fingerprint density at radius 1 is 1.48 bits per heavy atom. The number of thioether (sulfide) groups is 1. The summed E-state index contributed by atoms with van der Waals surface area (Å²) in [6.45, 7) is 1.36. The molecule has 2 heterocycles. The van der Waals surface area contributed by atoms with Gasteiger partial charge in [0, 0.05) is 17.9 Å². The Bertz CT molecular complexity index is 803. The molecular weight excluding hydrogens is 374 g/mol. The summed E-state index contributed by atoms with van der Waals surface area (Å²) in [5.74, 6) is -1.69. The number of aliphatic hydroxyl groups is 1. The average Bonchev–Trinajstić information content (AvgIpc) is 2.65. The topological polar surface area (TPSA) is 153 Å². The van der Waals surface area contributed by atoms with E-state index in [0.717, 1.165) is 0 Å². The van der Waals surface area contributed by atoms with E-state index in [4.69, 9.17) is 10.8 Å². The van der Waals surface area contributed by atoms with Crippen LogP contribution < -0.4 is 11.1 Å². The molecule has 146 valence electrons. The van der Waals surface area contributed by atoms with Crippen molar-refractivity contribution >= 4 is 29.5 Å². The normalized spacial score (nSPS) is 28.1. The monoisotopic (exact) mass is 395 g/mol. The summed E-state index contributed by atoms with van der Waals surface area (Å²) >= 11 is 1.32. The van der Waals surface area contributed by atoms with Crippen LogP contribution in [0.25, 0.3) is 0 Å². The van der Waals surface area contributed by atoms with Crippen LogP contribution in [0.4, 0.5) is 0 Å². The van der Waals surface area contributed by atoms with Gasteiger partial charge in [0.15, 0.2) is 0 Å². The molecule has 2 aliphatic heterocycles. The minimum atomic E-state index is -1.09. The summed E-state index contributed by atoms with van der Waals surface area (Å²) in [7, 11) is 0. The molecule has 1 aromatic rings. The Labute approximate surface area is 159 Å². The first-order valence-electron chi connectivity index (χ1n) is 8.32. The lowest BCUT2D eigenvalue weighted by Crippen LogP contribution is -2.73. The maximum Gasteiger partial charge on any atom is 0.312 e. The fourth-order valence-electron chi connectivity index (χ4n) is 3.13. The maximum atomic E-state index is 12.4. The first kappa shape index (κ1) is 19.5. The van der Waals surface area contributed by atoms with Crippen molar-refractivity contribution in [3.63, 3.8) is 0 Å². The summed E-state index contributed by atoms with van der Waals surface area (Å²) in [4.78, 5) is 37.6. The number of amides is 2. The van der Waals surface area contributed by atoms with E-state index in [-0.39, 0.29) is 30.2 Å². The zero-order valence-electron chi connectivity index (χ0n) is 14.6. The van der Waals surface area contributed by atoms with Crippen LogP contribution in [0.5, 0.6) is 5.75 Å². The van der Waals surface area contributed by atoms with Crippen LogP contribution in [0, 0.1) is 5.41 Å². The number of nitrogens with two attached hydrogens (primary N) is 1. The third kappa shape index (κ3) is 3.35. The first-order chi connectivity index (χ1) is 12.7. The summed E-state index contributed by atoms with van der Waals surface area (Å²) in [5.41, 5.74) is 5.59. The minimum absolute atomic E-state index is 0.105. The molecule has 4 atom stereocenters. The Morgan fingerprint density at radius 2 is 2.19 bits per heavy atom. The van der Waals surface area contributed by atoms with Gasteiger partial charge in [-0.15, -0.1) is 11.8 Å². The number of aliphatic hydroxyl groups excluding tert-OH is 1. The fourth-order valence-corrected chi connectivity index (χ4v) is 4.62. The summed E-state index contributed by atoms with van der Waals surface area (Å²) in [6, 6.07) is 2.45. The van der Waals surface area contributed by atoms with Gasteiger partial charge in [0.05, 0.1) is 12.0 Å².